The molecule has 0 aliphatic heterocycles. The molecular formula is C16H32O2. The van der Waals surface area contributed by atoms with Crippen LogP contribution >= 0.6 is 0 Å². The second kappa shape index (κ2) is 10.4. The number of ether oxygens (including phenoxy) is 1. The molecule has 0 N–H and O–H groups in total. The topological polar surface area (TPSA) is 26.3 Å². The van der Waals surface area contributed by atoms with Gasteiger partial charge >= 0.3 is 5.97 Å². The number of carbonyl (C=O) groups is 1. The summed E-state index contributed by atoms with van der Waals surface area (Å²) in [6.07, 6.45) is 8.32. The van der Waals surface area contributed by atoms with Crippen molar-refractivity contribution in [3.63, 3.8) is 0 Å². The van der Waals surface area contributed by atoms with Crippen LogP contribution in [-0.2, 0) is 9.53 Å². The van der Waals surface area contributed by atoms with Crippen LogP contribution in [0.3, 0.4) is 0 Å². The normalized spacial score (nSPS) is 14.6. The first-order valence-corrected chi connectivity index (χ1v) is 7.66. The Balaban J connectivity index is 3.51. The van der Waals surface area contributed by atoms with Gasteiger partial charge in [-0.15, -0.1) is 0 Å². The molecule has 108 valence electrons. The highest BCUT2D eigenvalue weighted by molar-refractivity contribution is 5.69. The highest BCUT2D eigenvalue weighted by atomic mass is 16.5. The molecule has 0 aromatic heterocycles. The molecule has 2 heteroatoms. The van der Waals surface area contributed by atoms with E-state index >= 15 is 0 Å². The van der Waals surface area contributed by atoms with Gasteiger partial charge in [0.2, 0.25) is 0 Å². The van der Waals surface area contributed by atoms with E-state index in [9.17, 15) is 4.79 Å². The molecule has 0 aromatic carbocycles. The fourth-order valence-electron chi connectivity index (χ4n) is 2.01. The van der Waals surface area contributed by atoms with E-state index in [4.69, 9.17) is 4.74 Å². The average molecular weight is 256 g/mol. The molecule has 0 amide bonds. The van der Waals surface area contributed by atoms with Gasteiger partial charge in [-0.3, -0.25) is 4.79 Å². The molecule has 0 unspecified atom stereocenters. The van der Waals surface area contributed by atoms with Gasteiger partial charge in [-0.25, -0.2) is 0 Å². The Morgan fingerprint density at radius 1 is 0.944 bits per heavy atom. The minimum atomic E-state index is -0.0775. The molecule has 18 heavy (non-hydrogen) atoms. The highest BCUT2D eigenvalue weighted by Gasteiger charge is 2.15. The molecule has 2 nitrogen and oxygen atoms in total. The number of rotatable bonds is 10. The summed E-state index contributed by atoms with van der Waals surface area (Å²) in [6.45, 7) is 10.6. The largest absolute Gasteiger partial charge is 0.462 e. The predicted octanol–water partition coefficient (Wildman–Crippen LogP) is 4.96. The van der Waals surface area contributed by atoms with Crippen LogP contribution in [0, 0.1) is 11.8 Å². The molecular weight excluding hydrogens is 224 g/mol. The first-order valence-electron chi connectivity index (χ1n) is 7.66. The maximum absolute atomic E-state index is 11.2. The summed E-state index contributed by atoms with van der Waals surface area (Å²) in [6, 6.07) is 0. The zero-order valence-corrected chi connectivity index (χ0v) is 13.0. The van der Waals surface area contributed by atoms with Gasteiger partial charge in [0.25, 0.3) is 0 Å². The van der Waals surface area contributed by atoms with E-state index < -0.39 is 0 Å². The molecule has 0 aliphatic rings. The standard InChI is InChI=1S/C16H32O2/c1-6-16(17)18-15(5)14(4)12-10-8-7-9-11-13(2)3/h13-15H,6-12H2,1-5H3/t14-,15+/m1/s1. The van der Waals surface area contributed by atoms with Gasteiger partial charge in [0.05, 0.1) is 0 Å². The zero-order chi connectivity index (χ0) is 14.0. The predicted molar refractivity (Wildman–Crippen MR) is 77.5 cm³/mol. The van der Waals surface area contributed by atoms with Crippen molar-refractivity contribution >= 4 is 5.97 Å². The van der Waals surface area contributed by atoms with Gasteiger partial charge in [-0.1, -0.05) is 59.8 Å². The second-order valence-electron chi connectivity index (χ2n) is 5.91. The lowest BCUT2D eigenvalue weighted by Gasteiger charge is -2.20. The lowest BCUT2D eigenvalue weighted by molar-refractivity contribution is -0.150. The Bertz CT molecular complexity index is 211. The van der Waals surface area contributed by atoms with E-state index in [0.717, 1.165) is 5.92 Å². The van der Waals surface area contributed by atoms with Crippen LogP contribution in [0.1, 0.15) is 79.6 Å². The second-order valence-corrected chi connectivity index (χ2v) is 5.91. The SMILES string of the molecule is CCC(=O)O[C@@H](C)[C@H](C)CCCCCCC(C)C. The van der Waals surface area contributed by atoms with E-state index in [2.05, 4.69) is 20.8 Å². The molecule has 0 heterocycles. The van der Waals surface area contributed by atoms with Crippen LogP contribution in [0.5, 0.6) is 0 Å². The summed E-state index contributed by atoms with van der Waals surface area (Å²) in [5.41, 5.74) is 0. The van der Waals surface area contributed by atoms with Crippen LogP contribution in [-0.4, -0.2) is 12.1 Å². The Hall–Kier alpha value is -0.530. The first-order chi connectivity index (χ1) is 8.47. The molecule has 0 radical (unpaired) electrons. The summed E-state index contributed by atoms with van der Waals surface area (Å²) in [4.78, 5) is 11.2. The summed E-state index contributed by atoms with van der Waals surface area (Å²) in [5.74, 6) is 1.23. The number of carbonyl (C=O) groups excluding carboxylic acids is 1. The fourth-order valence-corrected chi connectivity index (χ4v) is 2.01. The van der Waals surface area contributed by atoms with Crippen LogP contribution < -0.4 is 0 Å². The number of esters is 1. The molecule has 0 rings (SSSR count). The van der Waals surface area contributed by atoms with Gasteiger partial charge < -0.3 is 4.74 Å². The first kappa shape index (κ1) is 17.5. The zero-order valence-electron chi connectivity index (χ0n) is 13.0. The van der Waals surface area contributed by atoms with Gasteiger partial charge in [0.1, 0.15) is 6.10 Å². The summed E-state index contributed by atoms with van der Waals surface area (Å²) in [5, 5.41) is 0. The van der Waals surface area contributed by atoms with Crippen molar-refractivity contribution in [2.75, 3.05) is 0 Å². The van der Waals surface area contributed by atoms with Crippen molar-refractivity contribution in [2.45, 2.75) is 85.7 Å². The molecule has 2 atom stereocenters. The van der Waals surface area contributed by atoms with Crippen molar-refractivity contribution in [1.82, 2.24) is 0 Å². The highest BCUT2D eigenvalue weighted by Crippen LogP contribution is 2.17. The summed E-state index contributed by atoms with van der Waals surface area (Å²) < 4.78 is 5.33. The summed E-state index contributed by atoms with van der Waals surface area (Å²) >= 11 is 0. The van der Waals surface area contributed by atoms with Crippen molar-refractivity contribution in [1.29, 1.82) is 0 Å². The van der Waals surface area contributed by atoms with Crippen LogP contribution in [0.2, 0.25) is 0 Å². The average Bonchev–Trinajstić information content (AvgIpc) is 2.32. The van der Waals surface area contributed by atoms with Gasteiger partial charge in [-0.05, 0) is 25.2 Å². The Labute approximate surface area is 113 Å². The van der Waals surface area contributed by atoms with Gasteiger partial charge in [-0.2, -0.15) is 0 Å². The molecule has 0 fully saturated rings. The molecule has 0 spiro atoms. The third-order valence-electron chi connectivity index (χ3n) is 3.60. The van der Waals surface area contributed by atoms with Crippen LogP contribution in [0.25, 0.3) is 0 Å². The van der Waals surface area contributed by atoms with Crippen LogP contribution in [0.15, 0.2) is 0 Å². The molecule has 0 aliphatic carbocycles. The molecule has 0 saturated heterocycles. The van der Waals surface area contributed by atoms with Gasteiger partial charge in [0.15, 0.2) is 0 Å². The third kappa shape index (κ3) is 9.49. The third-order valence-corrected chi connectivity index (χ3v) is 3.60. The monoisotopic (exact) mass is 256 g/mol. The number of hydrogen-bond donors (Lipinski definition) is 0. The minimum Gasteiger partial charge on any atom is -0.462 e. The van der Waals surface area contributed by atoms with E-state index in [-0.39, 0.29) is 12.1 Å². The summed E-state index contributed by atoms with van der Waals surface area (Å²) in [7, 11) is 0. The van der Waals surface area contributed by atoms with E-state index in [0.29, 0.717) is 12.3 Å². The molecule has 0 saturated carbocycles. The van der Waals surface area contributed by atoms with E-state index in [1.165, 1.54) is 38.5 Å². The smallest absolute Gasteiger partial charge is 0.305 e. The van der Waals surface area contributed by atoms with Crippen molar-refractivity contribution in [3.8, 4) is 0 Å². The van der Waals surface area contributed by atoms with Gasteiger partial charge in [0, 0.05) is 6.42 Å². The van der Waals surface area contributed by atoms with Crippen molar-refractivity contribution in [2.24, 2.45) is 11.8 Å². The maximum atomic E-state index is 11.2. The Kier molecular flexibility index (Phi) is 10.1. The Morgan fingerprint density at radius 3 is 2.00 bits per heavy atom. The van der Waals surface area contributed by atoms with E-state index in [1.54, 1.807) is 0 Å². The minimum absolute atomic E-state index is 0.0631. The van der Waals surface area contributed by atoms with E-state index in [1.807, 2.05) is 13.8 Å². The fraction of sp³-hybridized carbons (Fsp3) is 0.938. The lowest BCUT2D eigenvalue weighted by Crippen LogP contribution is -2.21. The molecule has 0 aromatic rings. The van der Waals surface area contributed by atoms with Crippen molar-refractivity contribution in [3.05, 3.63) is 0 Å². The number of hydrogen-bond acceptors (Lipinski definition) is 2. The van der Waals surface area contributed by atoms with Crippen LogP contribution in [0.4, 0.5) is 0 Å². The maximum Gasteiger partial charge on any atom is 0.305 e. The Morgan fingerprint density at radius 2 is 1.50 bits per heavy atom. The quantitative estimate of drug-likeness (QED) is 0.408. The number of unbranched alkanes of at least 4 members (excludes halogenated alkanes) is 3. The molecule has 0 bridgehead atoms. The van der Waals surface area contributed by atoms with Crippen molar-refractivity contribution < 1.29 is 9.53 Å². The lowest BCUT2D eigenvalue weighted by atomic mass is 9.97.